The Morgan fingerprint density at radius 3 is 2.64 bits per heavy atom. The average molecular weight is 388 g/mol. The van der Waals surface area contributed by atoms with Crippen LogP contribution < -0.4 is 0 Å². The summed E-state index contributed by atoms with van der Waals surface area (Å²) in [5, 5.41) is 3.61. The molecule has 2 aromatic carbocycles. The lowest BCUT2D eigenvalue weighted by atomic mass is 9.89. The van der Waals surface area contributed by atoms with Gasteiger partial charge in [0.1, 0.15) is 5.38 Å². The van der Waals surface area contributed by atoms with E-state index in [2.05, 4.69) is 54.6 Å². The van der Waals surface area contributed by atoms with E-state index in [0.29, 0.717) is 5.56 Å². The third-order valence-corrected chi connectivity index (χ3v) is 7.70. The number of hydrogen-bond donors (Lipinski definition) is 0. The van der Waals surface area contributed by atoms with Gasteiger partial charge >= 0.3 is 5.97 Å². The average Bonchev–Trinajstić information content (AvgIpc) is 3.37. The molecular formula is C25H23O2S+. The van der Waals surface area contributed by atoms with E-state index in [1.807, 2.05) is 31.2 Å². The van der Waals surface area contributed by atoms with E-state index in [-0.39, 0.29) is 22.4 Å². The van der Waals surface area contributed by atoms with Gasteiger partial charge in [0, 0.05) is 27.3 Å². The number of allylic oxidation sites excluding steroid dienone is 1. The SMILES string of the molecule is C#CC(C)(OC(=O)c1ccc(-[s+]2cc(C)c3ccccc32)cc1)C1C=CCC1. The molecule has 3 heteroatoms. The Morgan fingerprint density at radius 1 is 1.21 bits per heavy atom. The van der Waals surface area contributed by atoms with E-state index in [1.165, 1.54) is 20.5 Å². The first-order valence-electron chi connectivity index (χ1n) is 9.50. The van der Waals surface area contributed by atoms with Gasteiger partial charge in [0.2, 0.25) is 0 Å². The van der Waals surface area contributed by atoms with E-state index in [1.54, 1.807) is 0 Å². The number of aryl methyl sites for hydroxylation is 1. The zero-order valence-corrected chi connectivity index (χ0v) is 17.0. The summed E-state index contributed by atoms with van der Waals surface area (Å²) in [6.45, 7) is 3.97. The fourth-order valence-electron chi connectivity index (χ4n) is 3.78. The molecule has 1 aliphatic carbocycles. The van der Waals surface area contributed by atoms with Crippen molar-refractivity contribution in [3.05, 3.63) is 77.2 Å². The maximum Gasteiger partial charge on any atom is 0.339 e. The van der Waals surface area contributed by atoms with Crippen molar-refractivity contribution < 1.29 is 9.53 Å². The molecular weight excluding hydrogens is 364 g/mol. The van der Waals surface area contributed by atoms with Crippen LogP contribution in [0, 0.1) is 25.2 Å². The zero-order chi connectivity index (χ0) is 19.7. The van der Waals surface area contributed by atoms with Crippen molar-refractivity contribution in [1.82, 2.24) is 0 Å². The van der Waals surface area contributed by atoms with E-state index in [9.17, 15) is 4.79 Å². The van der Waals surface area contributed by atoms with E-state index in [4.69, 9.17) is 11.2 Å². The molecule has 3 aromatic rings. The number of carbonyl (C=O) groups excluding carboxylic acids is 1. The van der Waals surface area contributed by atoms with E-state index in [0.717, 1.165) is 12.8 Å². The number of benzene rings is 2. The molecule has 0 radical (unpaired) electrons. The predicted molar refractivity (Wildman–Crippen MR) is 117 cm³/mol. The topological polar surface area (TPSA) is 26.3 Å². The summed E-state index contributed by atoms with van der Waals surface area (Å²) >= 11 is 0. The maximum absolute atomic E-state index is 12.7. The second-order valence-corrected chi connectivity index (χ2v) is 9.23. The summed E-state index contributed by atoms with van der Waals surface area (Å²) in [4.78, 5) is 13.9. The molecule has 4 rings (SSSR count). The highest BCUT2D eigenvalue weighted by atomic mass is 32.2. The highest BCUT2D eigenvalue weighted by Crippen LogP contribution is 2.42. The van der Waals surface area contributed by atoms with Crippen LogP contribution in [0.4, 0.5) is 0 Å². The number of carbonyl (C=O) groups is 1. The van der Waals surface area contributed by atoms with Crippen molar-refractivity contribution in [1.29, 1.82) is 0 Å². The summed E-state index contributed by atoms with van der Waals surface area (Å²) in [7, 11) is -0.0954. The van der Waals surface area contributed by atoms with Crippen molar-refractivity contribution in [2.75, 3.05) is 0 Å². The Morgan fingerprint density at radius 2 is 1.96 bits per heavy atom. The van der Waals surface area contributed by atoms with Crippen molar-refractivity contribution in [3.8, 4) is 17.2 Å². The molecule has 0 N–H and O–H groups in total. The number of esters is 1. The quantitative estimate of drug-likeness (QED) is 0.224. The van der Waals surface area contributed by atoms with Crippen LogP contribution in [-0.2, 0) is 4.74 Å². The minimum absolute atomic E-state index is 0.0744. The number of thiophene rings is 1. The van der Waals surface area contributed by atoms with Crippen LogP contribution in [0.3, 0.4) is 0 Å². The Labute approximate surface area is 168 Å². The molecule has 0 saturated carbocycles. The highest BCUT2D eigenvalue weighted by molar-refractivity contribution is 7.43. The van der Waals surface area contributed by atoms with Gasteiger partial charge in [-0.15, -0.1) is 6.42 Å². The molecule has 1 aromatic heterocycles. The van der Waals surface area contributed by atoms with Gasteiger partial charge in [-0.25, -0.2) is 4.79 Å². The summed E-state index contributed by atoms with van der Waals surface area (Å²) < 4.78 is 7.10. The molecule has 3 unspecified atom stereocenters. The standard InChI is InChI=1S/C25H23O2S/c1-4-25(3,20-9-5-6-10-20)27-24(26)19-13-15-21(16-14-19)28-17-18(2)22-11-7-8-12-23(22)28/h1,5,7-9,11-17,20H,6,10H2,2-3H3/q+1. The van der Waals surface area contributed by atoms with E-state index >= 15 is 0 Å². The summed E-state index contributed by atoms with van der Waals surface area (Å²) in [6, 6.07) is 16.2. The lowest BCUT2D eigenvalue weighted by Crippen LogP contribution is -2.36. The van der Waals surface area contributed by atoms with Crippen LogP contribution in [0.15, 0.2) is 66.1 Å². The van der Waals surface area contributed by atoms with Gasteiger partial charge in [0.05, 0.1) is 5.56 Å². The Bertz CT molecular complexity index is 1100. The fourth-order valence-corrected chi connectivity index (χ4v) is 5.89. The minimum Gasteiger partial charge on any atom is -0.442 e. The Kier molecular flexibility index (Phi) is 4.83. The molecule has 0 bridgehead atoms. The van der Waals surface area contributed by atoms with Crippen LogP contribution in [0.5, 0.6) is 0 Å². The lowest BCUT2D eigenvalue weighted by molar-refractivity contribution is -0.000691. The van der Waals surface area contributed by atoms with Crippen LogP contribution in [-0.4, -0.2) is 11.6 Å². The van der Waals surface area contributed by atoms with Crippen molar-refractivity contribution in [3.63, 3.8) is 0 Å². The van der Waals surface area contributed by atoms with Crippen molar-refractivity contribution in [2.45, 2.75) is 32.3 Å². The van der Waals surface area contributed by atoms with Gasteiger partial charge in [-0.05, 0) is 63.1 Å². The molecule has 0 fully saturated rings. The maximum atomic E-state index is 12.7. The monoisotopic (exact) mass is 387 g/mol. The smallest absolute Gasteiger partial charge is 0.339 e. The molecule has 3 atom stereocenters. The largest absolute Gasteiger partial charge is 0.442 e. The van der Waals surface area contributed by atoms with Crippen molar-refractivity contribution >= 4 is 26.5 Å². The number of hydrogen-bond acceptors (Lipinski definition) is 2. The van der Waals surface area contributed by atoms with Crippen molar-refractivity contribution in [2.24, 2.45) is 5.92 Å². The molecule has 1 aliphatic rings. The Balaban J connectivity index is 1.58. The fraction of sp³-hybridized carbons (Fsp3) is 0.240. The molecule has 0 spiro atoms. The van der Waals surface area contributed by atoms with Crippen LogP contribution in [0.25, 0.3) is 15.0 Å². The summed E-state index contributed by atoms with van der Waals surface area (Å²) in [5.74, 6) is 2.40. The normalized spacial score (nSPS) is 18.6. The first kappa shape index (κ1) is 18.5. The van der Waals surface area contributed by atoms with Crippen LogP contribution in [0.1, 0.15) is 35.7 Å². The van der Waals surface area contributed by atoms with Gasteiger partial charge in [0.25, 0.3) is 0 Å². The number of fused-ring (bicyclic) bond motifs is 1. The third-order valence-electron chi connectivity index (χ3n) is 5.50. The second-order valence-electron chi connectivity index (χ2n) is 7.41. The molecule has 0 amide bonds. The van der Waals surface area contributed by atoms with Gasteiger partial charge in [-0.3, -0.25) is 0 Å². The van der Waals surface area contributed by atoms with E-state index < -0.39 is 5.60 Å². The van der Waals surface area contributed by atoms with Gasteiger partial charge in [-0.1, -0.05) is 30.2 Å². The Hall–Kier alpha value is -2.83. The second kappa shape index (κ2) is 7.30. The third kappa shape index (κ3) is 3.25. The van der Waals surface area contributed by atoms with Gasteiger partial charge in [-0.2, -0.15) is 0 Å². The number of terminal acetylenes is 1. The first-order chi connectivity index (χ1) is 13.5. The van der Waals surface area contributed by atoms with Gasteiger partial charge in [0.15, 0.2) is 15.2 Å². The first-order valence-corrected chi connectivity index (χ1v) is 10.8. The molecule has 140 valence electrons. The summed E-state index contributed by atoms with van der Waals surface area (Å²) in [6.07, 6.45) is 11.8. The lowest BCUT2D eigenvalue weighted by Gasteiger charge is -2.29. The summed E-state index contributed by atoms with van der Waals surface area (Å²) in [5.41, 5.74) is 0.926. The minimum atomic E-state index is -0.908. The van der Waals surface area contributed by atoms with Crippen LogP contribution >= 0.6 is 10.5 Å². The molecule has 1 heterocycles. The number of ether oxygens (including phenoxy) is 1. The predicted octanol–water partition coefficient (Wildman–Crippen LogP) is 6.40. The molecule has 0 aliphatic heterocycles. The molecule has 2 nitrogen and oxygen atoms in total. The number of rotatable bonds is 4. The zero-order valence-electron chi connectivity index (χ0n) is 16.1. The van der Waals surface area contributed by atoms with Crippen LogP contribution in [0.2, 0.25) is 0 Å². The highest BCUT2D eigenvalue weighted by Gasteiger charge is 2.36. The van der Waals surface area contributed by atoms with Gasteiger partial charge < -0.3 is 4.74 Å². The molecule has 28 heavy (non-hydrogen) atoms. The molecule has 0 saturated heterocycles.